The number of nitrogens with zero attached hydrogens (tertiary/aromatic N) is 3. The Hall–Kier alpha value is -2.54. The number of hydrogen-bond acceptors (Lipinski definition) is 5. The lowest BCUT2D eigenvalue weighted by Crippen LogP contribution is -2.37. The van der Waals surface area contributed by atoms with Gasteiger partial charge in [0.25, 0.3) is 0 Å². The molecule has 1 aromatic carbocycles. The Labute approximate surface area is 126 Å². The zero-order chi connectivity index (χ0) is 15.5. The summed E-state index contributed by atoms with van der Waals surface area (Å²) in [7, 11) is 0. The molecule has 1 saturated heterocycles. The van der Waals surface area contributed by atoms with Gasteiger partial charge in [0.15, 0.2) is 0 Å². The summed E-state index contributed by atoms with van der Waals surface area (Å²) in [5.41, 5.74) is 0.809. The predicted octanol–water partition coefficient (Wildman–Crippen LogP) is 1.82. The molecular formula is C15H14FN3O3. The summed E-state index contributed by atoms with van der Waals surface area (Å²) in [4.78, 5) is 21.8. The molecule has 3 rings (SSSR count). The molecule has 0 amide bonds. The molecule has 1 aliphatic heterocycles. The van der Waals surface area contributed by atoms with Crippen LogP contribution in [-0.2, 0) is 4.74 Å². The van der Waals surface area contributed by atoms with Crippen LogP contribution in [-0.4, -0.2) is 47.3 Å². The van der Waals surface area contributed by atoms with E-state index < -0.39 is 5.97 Å². The molecule has 1 aliphatic rings. The molecule has 22 heavy (non-hydrogen) atoms. The molecule has 6 nitrogen and oxygen atoms in total. The van der Waals surface area contributed by atoms with Gasteiger partial charge in [-0.05, 0) is 24.3 Å². The highest BCUT2D eigenvalue weighted by Gasteiger charge is 2.19. The van der Waals surface area contributed by atoms with Crippen LogP contribution in [0.2, 0.25) is 0 Å². The Morgan fingerprint density at radius 3 is 2.55 bits per heavy atom. The molecule has 0 unspecified atom stereocenters. The van der Waals surface area contributed by atoms with Crippen LogP contribution in [0.5, 0.6) is 0 Å². The van der Waals surface area contributed by atoms with Crippen molar-refractivity contribution in [3.05, 3.63) is 41.8 Å². The minimum atomic E-state index is -1.12. The topological polar surface area (TPSA) is 75.5 Å². The molecule has 0 saturated carbocycles. The second-order valence-electron chi connectivity index (χ2n) is 4.84. The number of hydrogen-bond donors (Lipinski definition) is 1. The fourth-order valence-corrected chi connectivity index (χ4v) is 2.27. The van der Waals surface area contributed by atoms with E-state index in [0.717, 1.165) is 0 Å². The Balaban J connectivity index is 2.04. The van der Waals surface area contributed by atoms with Crippen LogP contribution in [0.25, 0.3) is 11.3 Å². The molecule has 1 fully saturated rings. The fourth-order valence-electron chi connectivity index (χ4n) is 2.27. The van der Waals surface area contributed by atoms with Crippen molar-refractivity contribution in [1.82, 2.24) is 9.97 Å². The van der Waals surface area contributed by atoms with E-state index in [-0.39, 0.29) is 17.1 Å². The molecule has 7 heteroatoms. The van der Waals surface area contributed by atoms with E-state index in [1.165, 1.54) is 30.5 Å². The summed E-state index contributed by atoms with van der Waals surface area (Å²) in [5.74, 6) is -1.05. The number of aromatic carboxylic acids is 1. The second-order valence-corrected chi connectivity index (χ2v) is 4.84. The average Bonchev–Trinajstić information content (AvgIpc) is 2.56. The van der Waals surface area contributed by atoms with Gasteiger partial charge in [-0.25, -0.2) is 19.2 Å². The van der Waals surface area contributed by atoms with Gasteiger partial charge in [0.05, 0.1) is 18.9 Å². The van der Waals surface area contributed by atoms with E-state index in [4.69, 9.17) is 4.74 Å². The average molecular weight is 303 g/mol. The zero-order valence-corrected chi connectivity index (χ0v) is 11.7. The molecule has 0 spiro atoms. The molecule has 1 aromatic heterocycles. The van der Waals surface area contributed by atoms with Crippen molar-refractivity contribution in [2.45, 2.75) is 0 Å². The number of rotatable bonds is 3. The lowest BCUT2D eigenvalue weighted by Gasteiger charge is -2.27. The first-order valence-electron chi connectivity index (χ1n) is 6.84. The molecule has 114 valence electrons. The molecule has 0 radical (unpaired) electrons. The normalized spacial score (nSPS) is 14.9. The highest BCUT2D eigenvalue weighted by atomic mass is 19.1. The van der Waals surface area contributed by atoms with Gasteiger partial charge in [-0.3, -0.25) is 0 Å². The first kappa shape index (κ1) is 14.4. The molecule has 2 aromatic rings. The van der Waals surface area contributed by atoms with Gasteiger partial charge in [-0.2, -0.15) is 0 Å². The van der Waals surface area contributed by atoms with Crippen LogP contribution < -0.4 is 4.90 Å². The van der Waals surface area contributed by atoms with E-state index in [9.17, 15) is 14.3 Å². The van der Waals surface area contributed by atoms with Gasteiger partial charge in [0.1, 0.15) is 11.4 Å². The maximum absolute atomic E-state index is 13.1. The molecule has 0 atom stereocenters. The highest BCUT2D eigenvalue weighted by Crippen LogP contribution is 2.24. The molecule has 0 aliphatic carbocycles. The number of carboxylic acids is 1. The molecule has 2 heterocycles. The van der Waals surface area contributed by atoms with Crippen molar-refractivity contribution >= 4 is 11.9 Å². The third-order valence-electron chi connectivity index (χ3n) is 3.42. The van der Waals surface area contributed by atoms with Crippen LogP contribution in [0, 0.1) is 5.82 Å². The van der Waals surface area contributed by atoms with Gasteiger partial charge in [0.2, 0.25) is 5.95 Å². The highest BCUT2D eigenvalue weighted by molar-refractivity contribution is 5.94. The third kappa shape index (κ3) is 2.89. The molecule has 0 bridgehead atoms. The van der Waals surface area contributed by atoms with Crippen molar-refractivity contribution in [2.75, 3.05) is 31.2 Å². The number of anilines is 1. The summed E-state index contributed by atoms with van der Waals surface area (Å²) in [5, 5.41) is 9.30. The number of aromatic nitrogens is 2. The van der Waals surface area contributed by atoms with Crippen molar-refractivity contribution in [2.24, 2.45) is 0 Å². The van der Waals surface area contributed by atoms with Crippen LogP contribution in [0.4, 0.5) is 10.3 Å². The first-order chi connectivity index (χ1) is 10.6. The predicted molar refractivity (Wildman–Crippen MR) is 77.4 cm³/mol. The Morgan fingerprint density at radius 2 is 1.91 bits per heavy atom. The minimum absolute atomic E-state index is 0.0105. The van der Waals surface area contributed by atoms with Gasteiger partial charge in [0, 0.05) is 24.8 Å². The minimum Gasteiger partial charge on any atom is -0.478 e. The van der Waals surface area contributed by atoms with E-state index in [1.807, 2.05) is 4.90 Å². The van der Waals surface area contributed by atoms with Crippen LogP contribution >= 0.6 is 0 Å². The van der Waals surface area contributed by atoms with Gasteiger partial charge in [-0.15, -0.1) is 0 Å². The monoisotopic (exact) mass is 303 g/mol. The number of morpholine rings is 1. The number of benzene rings is 1. The Morgan fingerprint density at radius 1 is 1.23 bits per heavy atom. The largest absolute Gasteiger partial charge is 0.478 e. The first-order valence-corrected chi connectivity index (χ1v) is 6.84. The second kappa shape index (κ2) is 6.07. The fraction of sp³-hybridized carbons (Fsp3) is 0.267. The van der Waals surface area contributed by atoms with E-state index in [2.05, 4.69) is 9.97 Å². The SMILES string of the molecule is O=C(O)c1cnc(N2CCOCC2)nc1-c1ccc(F)cc1. The molecule has 1 N–H and O–H groups in total. The van der Waals surface area contributed by atoms with Crippen molar-refractivity contribution in [3.63, 3.8) is 0 Å². The van der Waals surface area contributed by atoms with E-state index in [0.29, 0.717) is 37.8 Å². The third-order valence-corrected chi connectivity index (χ3v) is 3.42. The number of carboxylic acid groups (broad SMARTS) is 1. The van der Waals surface area contributed by atoms with Gasteiger partial charge < -0.3 is 14.7 Å². The molecular weight excluding hydrogens is 289 g/mol. The Bertz CT molecular complexity index is 685. The van der Waals surface area contributed by atoms with E-state index in [1.54, 1.807) is 0 Å². The van der Waals surface area contributed by atoms with Crippen LogP contribution in [0.3, 0.4) is 0 Å². The van der Waals surface area contributed by atoms with Crippen molar-refractivity contribution in [1.29, 1.82) is 0 Å². The van der Waals surface area contributed by atoms with Gasteiger partial charge in [-0.1, -0.05) is 0 Å². The maximum atomic E-state index is 13.1. The Kier molecular flexibility index (Phi) is 3.97. The van der Waals surface area contributed by atoms with Crippen molar-refractivity contribution in [3.8, 4) is 11.3 Å². The lowest BCUT2D eigenvalue weighted by atomic mass is 10.1. The summed E-state index contributed by atoms with van der Waals surface area (Å²) < 4.78 is 18.3. The summed E-state index contributed by atoms with van der Waals surface area (Å²) in [6.07, 6.45) is 1.29. The van der Waals surface area contributed by atoms with Crippen LogP contribution in [0.15, 0.2) is 30.5 Å². The van der Waals surface area contributed by atoms with Crippen LogP contribution in [0.1, 0.15) is 10.4 Å². The maximum Gasteiger partial charge on any atom is 0.339 e. The summed E-state index contributed by atoms with van der Waals surface area (Å²) in [6, 6.07) is 5.56. The number of ether oxygens (including phenoxy) is 1. The van der Waals surface area contributed by atoms with Crippen molar-refractivity contribution < 1.29 is 19.0 Å². The quantitative estimate of drug-likeness (QED) is 0.932. The summed E-state index contributed by atoms with van der Waals surface area (Å²) >= 11 is 0. The van der Waals surface area contributed by atoms with E-state index >= 15 is 0 Å². The summed E-state index contributed by atoms with van der Waals surface area (Å²) in [6.45, 7) is 2.45. The van der Waals surface area contributed by atoms with Gasteiger partial charge >= 0.3 is 5.97 Å². The standard InChI is InChI=1S/C15H14FN3O3/c16-11-3-1-10(2-4-11)13-12(14(20)21)9-17-15(18-13)19-5-7-22-8-6-19/h1-4,9H,5-8H2,(H,20,21). The lowest BCUT2D eigenvalue weighted by molar-refractivity contribution is 0.0697. The zero-order valence-electron chi connectivity index (χ0n) is 11.7. The number of carbonyl (C=O) groups is 1. The smallest absolute Gasteiger partial charge is 0.339 e. The number of halogens is 1.